The molecule has 1 N–H and O–H groups in total. The van der Waals surface area contributed by atoms with E-state index in [2.05, 4.69) is 5.32 Å². The molecule has 4 rings (SSSR count). The van der Waals surface area contributed by atoms with E-state index >= 15 is 0 Å². The normalized spacial score (nSPS) is 11.2. The minimum Gasteiger partial charge on any atom is -0.497 e. The van der Waals surface area contributed by atoms with Gasteiger partial charge in [0.2, 0.25) is 5.91 Å². The third-order valence-electron chi connectivity index (χ3n) is 3.85. The van der Waals surface area contributed by atoms with Gasteiger partial charge in [0.05, 0.1) is 12.5 Å². The minimum atomic E-state index is -0.485. The molecular formula is C18H13NO5. The van der Waals surface area contributed by atoms with Crippen molar-refractivity contribution in [2.24, 2.45) is 0 Å². The highest BCUT2D eigenvalue weighted by Crippen LogP contribution is 2.34. The first-order valence-corrected chi connectivity index (χ1v) is 7.31. The van der Waals surface area contributed by atoms with Crippen LogP contribution in [0.15, 0.2) is 50.0 Å². The van der Waals surface area contributed by atoms with Gasteiger partial charge in [-0.15, -0.1) is 0 Å². The number of rotatable bonds is 2. The molecule has 0 unspecified atom stereocenters. The Bertz CT molecular complexity index is 1170. The van der Waals surface area contributed by atoms with E-state index in [1.807, 2.05) is 0 Å². The Balaban J connectivity index is 2.06. The molecule has 0 aliphatic carbocycles. The summed E-state index contributed by atoms with van der Waals surface area (Å²) in [5.41, 5.74) is 1.43. The molecule has 4 aromatic rings. The van der Waals surface area contributed by atoms with E-state index in [1.165, 1.54) is 6.92 Å². The number of furan rings is 1. The van der Waals surface area contributed by atoms with Crippen LogP contribution in [0.5, 0.6) is 5.75 Å². The Hall–Kier alpha value is -3.28. The fourth-order valence-electron chi connectivity index (χ4n) is 2.82. The zero-order valence-electron chi connectivity index (χ0n) is 13.0. The quantitative estimate of drug-likeness (QED) is 0.569. The third kappa shape index (κ3) is 2.11. The van der Waals surface area contributed by atoms with Crippen molar-refractivity contribution in [3.63, 3.8) is 0 Å². The van der Waals surface area contributed by atoms with Gasteiger partial charge < -0.3 is 18.9 Å². The highest BCUT2D eigenvalue weighted by Gasteiger charge is 2.16. The van der Waals surface area contributed by atoms with Crippen molar-refractivity contribution in [2.75, 3.05) is 12.4 Å². The fraction of sp³-hybridized carbons (Fsp3) is 0.111. The van der Waals surface area contributed by atoms with Crippen LogP contribution in [0.4, 0.5) is 5.69 Å². The average molecular weight is 323 g/mol. The SMILES string of the molecule is COc1ccc2c(c1)oc1c3ccc(NC(C)=O)cc3oc(=O)c21. The van der Waals surface area contributed by atoms with Gasteiger partial charge in [-0.05, 0) is 24.3 Å². The van der Waals surface area contributed by atoms with Gasteiger partial charge in [0.1, 0.15) is 22.3 Å². The van der Waals surface area contributed by atoms with Gasteiger partial charge in [0.25, 0.3) is 0 Å². The van der Waals surface area contributed by atoms with E-state index in [0.717, 1.165) is 0 Å². The smallest absolute Gasteiger partial charge is 0.348 e. The molecule has 24 heavy (non-hydrogen) atoms. The number of carbonyl (C=O) groups excluding carboxylic acids is 1. The maximum Gasteiger partial charge on any atom is 0.348 e. The van der Waals surface area contributed by atoms with Crippen LogP contribution in [0.25, 0.3) is 32.9 Å². The van der Waals surface area contributed by atoms with Crippen molar-refractivity contribution in [1.82, 2.24) is 0 Å². The molecule has 0 radical (unpaired) electrons. The van der Waals surface area contributed by atoms with Crippen molar-refractivity contribution < 1.29 is 18.4 Å². The second kappa shape index (κ2) is 5.13. The first kappa shape index (κ1) is 14.3. The summed E-state index contributed by atoms with van der Waals surface area (Å²) in [4.78, 5) is 23.6. The van der Waals surface area contributed by atoms with Crippen LogP contribution in [0.3, 0.4) is 0 Å². The van der Waals surface area contributed by atoms with Crippen LogP contribution in [0.1, 0.15) is 6.92 Å². The zero-order chi connectivity index (χ0) is 16.8. The second-order valence-corrected chi connectivity index (χ2v) is 5.45. The fourth-order valence-corrected chi connectivity index (χ4v) is 2.82. The van der Waals surface area contributed by atoms with Crippen LogP contribution >= 0.6 is 0 Å². The topological polar surface area (TPSA) is 81.7 Å². The van der Waals surface area contributed by atoms with Crippen molar-refractivity contribution in [1.29, 1.82) is 0 Å². The lowest BCUT2D eigenvalue weighted by atomic mass is 10.1. The van der Waals surface area contributed by atoms with E-state index in [-0.39, 0.29) is 5.91 Å². The van der Waals surface area contributed by atoms with Crippen LogP contribution in [-0.2, 0) is 4.79 Å². The molecule has 0 saturated heterocycles. The number of methoxy groups -OCH3 is 1. The van der Waals surface area contributed by atoms with Crippen molar-refractivity contribution >= 4 is 44.5 Å². The van der Waals surface area contributed by atoms with Gasteiger partial charge in [0.15, 0.2) is 5.58 Å². The molecule has 0 aliphatic rings. The molecule has 0 bridgehead atoms. The maximum atomic E-state index is 12.4. The lowest BCUT2D eigenvalue weighted by Gasteiger charge is -2.03. The number of anilines is 1. The largest absolute Gasteiger partial charge is 0.497 e. The van der Waals surface area contributed by atoms with Gasteiger partial charge in [-0.2, -0.15) is 0 Å². The van der Waals surface area contributed by atoms with Gasteiger partial charge in [-0.25, -0.2) is 4.79 Å². The number of amides is 1. The molecule has 2 heterocycles. The molecule has 0 aliphatic heterocycles. The molecule has 0 spiro atoms. The predicted octanol–water partition coefficient (Wildman–Crippen LogP) is 3.66. The third-order valence-corrected chi connectivity index (χ3v) is 3.85. The first-order chi connectivity index (χ1) is 11.6. The highest BCUT2D eigenvalue weighted by atomic mass is 16.5. The number of carbonyl (C=O) groups is 1. The molecule has 6 heteroatoms. The lowest BCUT2D eigenvalue weighted by molar-refractivity contribution is -0.114. The Morgan fingerprint density at radius 2 is 1.79 bits per heavy atom. The van der Waals surface area contributed by atoms with Crippen LogP contribution < -0.4 is 15.7 Å². The summed E-state index contributed by atoms with van der Waals surface area (Å²) in [6, 6.07) is 10.4. The highest BCUT2D eigenvalue weighted by molar-refractivity contribution is 6.13. The molecule has 0 atom stereocenters. The number of hydrogen-bond acceptors (Lipinski definition) is 5. The molecular weight excluding hydrogens is 310 g/mol. The second-order valence-electron chi connectivity index (χ2n) is 5.45. The summed E-state index contributed by atoms with van der Waals surface area (Å²) in [6.07, 6.45) is 0. The monoisotopic (exact) mass is 323 g/mol. The number of ether oxygens (including phenoxy) is 1. The summed E-state index contributed by atoms with van der Waals surface area (Å²) in [5.74, 6) is 0.441. The van der Waals surface area contributed by atoms with Gasteiger partial charge in [-0.3, -0.25) is 4.79 Å². The molecule has 120 valence electrons. The first-order valence-electron chi connectivity index (χ1n) is 7.31. The van der Waals surface area contributed by atoms with E-state index in [4.69, 9.17) is 13.6 Å². The van der Waals surface area contributed by atoms with E-state index < -0.39 is 5.63 Å². The molecule has 0 fully saturated rings. The molecule has 2 aromatic carbocycles. The molecule has 6 nitrogen and oxygen atoms in total. The van der Waals surface area contributed by atoms with Crippen LogP contribution in [0.2, 0.25) is 0 Å². The maximum absolute atomic E-state index is 12.4. The van der Waals surface area contributed by atoms with Crippen molar-refractivity contribution in [3.05, 3.63) is 46.8 Å². The average Bonchev–Trinajstić information content (AvgIpc) is 2.93. The van der Waals surface area contributed by atoms with Gasteiger partial charge >= 0.3 is 5.63 Å². The lowest BCUT2D eigenvalue weighted by Crippen LogP contribution is -2.05. The van der Waals surface area contributed by atoms with E-state index in [9.17, 15) is 9.59 Å². The summed E-state index contributed by atoms with van der Waals surface area (Å²) in [5, 5.41) is 4.39. The molecule has 0 saturated carbocycles. The Morgan fingerprint density at radius 3 is 2.54 bits per heavy atom. The van der Waals surface area contributed by atoms with Gasteiger partial charge in [0, 0.05) is 30.1 Å². The van der Waals surface area contributed by atoms with Crippen molar-refractivity contribution in [3.8, 4) is 5.75 Å². The molecule has 1 amide bonds. The predicted molar refractivity (Wildman–Crippen MR) is 90.6 cm³/mol. The molecule has 2 aromatic heterocycles. The Labute approximate surface area is 135 Å². The van der Waals surface area contributed by atoms with Crippen molar-refractivity contribution in [2.45, 2.75) is 6.92 Å². The minimum absolute atomic E-state index is 0.200. The summed E-state index contributed by atoms with van der Waals surface area (Å²) >= 11 is 0. The van der Waals surface area contributed by atoms with Crippen LogP contribution in [0, 0.1) is 0 Å². The van der Waals surface area contributed by atoms with E-state index in [0.29, 0.717) is 44.3 Å². The van der Waals surface area contributed by atoms with E-state index in [1.54, 1.807) is 43.5 Å². The number of fused-ring (bicyclic) bond motifs is 5. The number of hydrogen-bond donors (Lipinski definition) is 1. The Kier molecular flexibility index (Phi) is 3.06. The Morgan fingerprint density at radius 1 is 1.04 bits per heavy atom. The van der Waals surface area contributed by atoms with Gasteiger partial charge in [-0.1, -0.05) is 0 Å². The zero-order valence-corrected chi connectivity index (χ0v) is 13.0. The van der Waals surface area contributed by atoms with Crippen LogP contribution in [-0.4, -0.2) is 13.0 Å². The standard InChI is InChI=1S/C18H13NO5/c1-9(20)19-10-3-5-13-14(7-10)24-18(21)16-12-6-4-11(22-2)8-15(12)23-17(13)16/h3-8H,1-2H3,(H,19,20). The summed E-state index contributed by atoms with van der Waals surface area (Å²) in [7, 11) is 1.57. The summed E-state index contributed by atoms with van der Waals surface area (Å²) < 4.78 is 16.5. The number of nitrogens with one attached hydrogen (secondary N) is 1. The summed E-state index contributed by atoms with van der Waals surface area (Å²) in [6.45, 7) is 1.41. The number of benzene rings is 2.